The van der Waals surface area contributed by atoms with Gasteiger partial charge in [0.2, 0.25) is 24.0 Å². The minimum atomic E-state index is -1.56. The molecule has 2 amide bonds. The monoisotopic (exact) mass is 633 g/mol. The molecule has 1 aromatic carbocycles. The number of aliphatic hydroxyl groups is 4. The fraction of sp³-hybridized carbons (Fsp3) is 0.656. The summed E-state index contributed by atoms with van der Waals surface area (Å²) in [5, 5.41) is 53.2. The van der Waals surface area contributed by atoms with E-state index >= 15 is 0 Å². The van der Waals surface area contributed by atoms with Gasteiger partial charge in [-0.2, -0.15) is 0 Å². The lowest BCUT2D eigenvalue weighted by Gasteiger charge is -2.39. The van der Waals surface area contributed by atoms with Crippen molar-refractivity contribution in [1.82, 2.24) is 25.7 Å². The number of aromatic nitrogens is 2. The van der Waals surface area contributed by atoms with Gasteiger partial charge in [0.05, 0.1) is 6.61 Å². The minimum absolute atomic E-state index is 0.0872. The zero-order valence-electron chi connectivity index (χ0n) is 27.2. The van der Waals surface area contributed by atoms with Gasteiger partial charge in [0.25, 0.3) is 0 Å². The zero-order valence-corrected chi connectivity index (χ0v) is 27.2. The number of carbonyl (C=O) groups is 2. The van der Waals surface area contributed by atoms with Crippen molar-refractivity contribution < 1.29 is 39.5 Å². The molecule has 13 heteroatoms. The average Bonchev–Trinajstić information content (AvgIpc) is 3.38. The zero-order chi connectivity index (χ0) is 33.3. The summed E-state index contributed by atoms with van der Waals surface area (Å²) in [6.07, 6.45) is -4.10. The van der Waals surface area contributed by atoms with Crippen LogP contribution in [0.4, 0.5) is 0 Å². The molecule has 1 saturated heterocycles. The summed E-state index contributed by atoms with van der Waals surface area (Å²) >= 11 is 0. The molecule has 5 atom stereocenters. The number of nitrogens with one attached hydrogen (secondary N) is 3. The Morgan fingerprint density at radius 3 is 2.36 bits per heavy atom. The van der Waals surface area contributed by atoms with Gasteiger partial charge in [0.15, 0.2) is 0 Å². The molecule has 1 fully saturated rings. The van der Waals surface area contributed by atoms with Gasteiger partial charge in [0.1, 0.15) is 30.0 Å². The average molecular weight is 634 g/mol. The number of ether oxygens (including phenoxy) is 2. The van der Waals surface area contributed by atoms with Crippen molar-refractivity contribution in [2.45, 2.75) is 102 Å². The molecular formula is C32H51N5O8. The van der Waals surface area contributed by atoms with Crippen molar-refractivity contribution in [1.29, 1.82) is 0 Å². The highest BCUT2D eigenvalue weighted by atomic mass is 16.7. The number of aliphatic hydroxyl groups excluding tert-OH is 4. The highest BCUT2D eigenvalue weighted by Crippen LogP contribution is 2.31. The van der Waals surface area contributed by atoms with Crippen LogP contribution in [0.5, 0.6) is 5.88 Å². The minimum Gasteiger partial charge on any atom is -0.443 e. The van der Waals surface area contributed by atoms with E-state index in [1.54, 1.807) is 13.8 Å². The van der Waals surface area contributed by atoms with E-state index < -0.39 is 42.9 Å². The highest BCUT2D eigenvalue weighted by molar-refractivity contribution is 5.90. The summed E-state index contributed by atoms with van der Waals surface area (Å²) in [4.78, 5) is 27.2. The molecule has 0 spiro atoms. The predicted molar refractivity (Wildman–Crippen MR) is 168 cm³/mol. The van der Waals surface area contributed by atoms with E-state index in [4.69, 9.17) is 9.47 Å². The standard InChI is InChI=1S/C32H51N5O8/c1-19(2)25-22(29(36-35-25)45-30-28(42)27(41)26(40)23(18-38)44-30)17-21-13-11-20(12-14-21)9-7-10-24(39)34-32(3,4)31(43)33-15-8-16-37(5)6/h11-14,19,23,26-28,30,38,40-42H,7-10,15-18H2,1-6H3,(H,33,43)(H,34,39)(H,35,36)/t23-,26-,27+,28-,30?/m1/s1. The third kappa shape index (κ3) is 10.2. The normalized spacial score (nSPS) is 22.1. The van der Waals surface area contributed by atoms with Crippen molar-refractivity contribution in [3.8, 4) is 5.88 Å². The Morgan fingerprint density at radius 1 is 1.07 bits per heavy atom. The molecule has 7 N–H and O–H groups in total. The molecule has 0 bridgehead atoms. The summed E-state index contributed by atoms with van der Waals surface area (Å²) < 4.78 is 11.4. The molecule has 2 aromatic rings. The largest absolute Gasteiger partial charge is 0.443 e. The third-order valence-corrected chi connectivity index (χ3v) is 7.88. The van der Waals surface area contributed by atoms with Gasteiger partial charge in [-0.3, -0.25) is 14.7 Å². The van der Waals surface area contributed by atoms with Crippen LogP contribution in [0.1, 0.15) is 75.3 Å². The van der Waals surface area contributed by atoms with Crippen LogP contribution >= 0.6 is 0 Å². The van der Waals surface area contributed by atoms with Crippen LogP contribution < -0.4 is 15.4 Å². The quantitative estimate of drug-likeness (QED) is 0.129. The van der Waals surface area contributed by atoms with Crippen LogP contribution in [0.15, 0.2) is 24.3 Å². The van der Waals surface area contributed by atoms with Crippen LogP contribution in [0, 0.1) is 0 Å². The first-order chi connectivity index (χ1) is 21.2. The topological polar surface area (TPSA) is 190 Å². The first-order valence-electron chi connectivity index (χ1n) is 15.6. The number of nitrogens with zero attached hydrogens (tertiary/aromatic N) is 2. The molecular weight excluding hydrogens is 582 g/mol. The van der Waals surface area contributed by atoms with Crippen molar-refractivity contribution >= 4 is 11.8 Å². The number of H-pyrrole nitrogens is 1. The molecule has 2 heterocycles. The maximum atomic E-state index is 12.6. The van der Waals surface area contributed by atoms with Crippen LogP contribution in [-0.4, -0.2) is 117 Å². The summed E-state index contributed by atoms with van der Waals surface area (Å²) in [6, 6.07) is 8.00. The highest BCUT2D eigenvalue weighted by Gasteiger charge is 2.45. The van der Waals surface area contributed by atoms with E-state index in [9.17, 15) is 30.0 Å². The Bertz CT molecular complexity index is 1230. The Balaban J connectivity index is 1.55. The van der Waals surface area contributed by atoms with Gasteiger partial charge in [0, 0.05) is 30.6 Å². The van der Waals surface area contributed by atoms with Gasteiger partial charge in [-0.1, -0.05) is 38.1 Å². The second-order valence-corrected chi connectivity index (χ2v) is 12.8. The molecule has 252 valence electrons. The lowest BCUT2D eigenvalue weighted by atomic mass is 9.97. The second-order valence-electron chi connectivity index (χ2n) is 12.8. The Kier molecular flexibility index (Phi) is 13.3. The number of hydrogen-bond donors (Lipinski definition) is 7. The van der Waals surface area contributed by atoms with E-state index in [0.717, 1.165) is 35.3 Å². The summed E-state index contributed by atoms with van der Waals surface area (Å²) in [5.41, 5.74) is 2.66. The molecule has 1 aliphatic rings. The molecule has 13 nitrogen and oxygen atoms in total. The number of benzene rings is 1. The molecule has 0 saturated carbocycles. The fourth-order valence-electron chi connectivity index (χ4n) is 5.15. The van der Waals surface area contributed by atoms with E-state index in [-0.39, 0.29) is 23.6 Å². The van der Waals surface area contributed by atoms with Gasteiger partial charge >= 0.3 is 0 Å². The Labute approximate surface area is 265 Å². The number of hydrogen-bond acceptors (Lipinski definition) is 10. The number of amides is 2. The SMILES string of the molecule is CC(C)c1[nH]nc(OC2O[C@H](CO)[C@@H](O)[C@H](O)[C@H]2O)c1Cc1ccc(CCCC(=O)NC(C)(C)C(=O)NCCCN(C)C)cc1. The summed E-state index contributed by atoms with van der Waals surface area (Å²) in [5.74, 6) is -0.0918. The number of aromatic amines is 1. The smallest absolute Gasteiger partial charge is 0.245 e. The van der Waals surface area contributed by atoms with E-state index in [0.29, 0.717) is 32.2 Å². The van der Waals surface area contributed by atoms with E-state index in [1.807, 2.05) is 52.2 Å². The maximum absolute atomic E-state index is 12.6. The van der Waals surface area contributed by atoms with Crippen LogP contribution in [0.2, 0.25) is 0 Å². The number of carbonyl (C=O) groups excluding carboxylic acids is 2. The lowest BCUT2D eigenvalue weighted by Crippen LogP contribution is -2.60. The van der Waals surface area contributed by atoms with Crippen LogP contribution in [0.3, 0.4) is 0 Å². The molecule has 0 radical (unpaired) electrons. The van der Waals surface area contributed by atoms with Crippen molar-refractivity contribution in [2.24, 2.45) is 0 Å². The van der Waals surface area contributed by atoms with Crippen molar-refractivity contribution in [2.75, 3.05) is 33.8 Å². The molecule has 1 aliphatic heterocycles. The maximum Gasteiger partial charge on any atom is 0.245 e. The van der Waals surface area contributed by atoms with Gasteiger partial charge in [-0.05, 0) is 70.8 Å². The van der Waals surface area contributed by atoms with E-state index in [2.05, 4.69) is 25.7 Å². The molecule has 3 rings (SSSR count). The summed E-state index contributed by atoms with van der Waals surface area (Å²) in [7, 11) is 3.96. The molecule has 45 heavy (non-hydrogen) atoms. The Hall–Kier alpha value is -3.07. The summed E-state index contributed by atoms with van der Waals surface area (Å²) in [6.45, 7) is 8.29. The van der Waals surface area contributed by atoms with Crippen molar-refractivity contribution in [3.63, 3.8) is 0 Å². The number of rotatable bonds is 16. The van der Waals surface area contributed by atoms with Gasteiger partial charge < -0.3 is 45.4 Å². The van der Waals surface area contributed by atoms with E-state index in [1.165, 1.54) is 0 Å². The fourth-order valence-corrected chi connectivity index (χ4v) is 5.15. The van der Waals surface area contributed by atoms with Crippen LogP contribution in [-0.2, 0) is 27.2 Å². The van der Waals surface area contributed by atoms with Gasteiger partial charge in [-0.15, -0.1) is 5.10 Å². The van der Waals surface area contributed by atoms with Gasteiger partial charge in [-0.25, -0.2) is 0 Å². The lowest BCUT2D eigenvalue weighted by molar-refractivity contribution is -0.278. The Morgan fingerprint density at radius 2 is 1.73 bits per heavy atom. The second kappa shape index (κ2) is 16.5. The van der Waals surface area contributed by atoms with Crippen LogP contribution in [0.25, 0.3) is 0 Å². The molecule has 1 aromatic heterocycles. The first-order valence-corrected chi connectivity index (χ1v) is 15.6. The number of aryl methyl sites for hydroxylation is 1. The first kappa shape index (κ1) is 36.4. The molecule has 1 unspecified atom stereocenters. The third-order valence-electron chi connectivity index (χ3n) is 7.88. The predicted octanol–water partition coefficient (Wildman–Crippen LogP) is 0.588. The molecule has 0 aliphatic carbocycles. The van der Waals surface area contributed by atoms with Crippen molar-refractivity contribution in [3.05, 3.63) is 46.6 Å².